The van der Waals surface area contributed by atoms with Gasteiger partial charge in [0.25, 0.3) is 0 Å². The summed E-state index contributed by atoms with van der Waals surface area (Å²) in [6.45, 7) is 1.69. The van der Waals surface area contributed by atoms with Crippen molar-refractivity contribution in [2.75, 3.05) is 12.8 Å². The molecule has 0 radical (unpaired) electrons. The Morgan fingerprint density at radius 3 is 2.61 bits per heavy atom. The van der Waals surface area contributed by atoms with Crippen LogP contribution in [0.5, 0.6) is 5.75 Å². The SMILES string of the molecule is C/C(=C\CCP(=O)([O-])Oc1ccccc1)CO.[Na+]. The maximum absolute atomic E-state index is 11.6. The fourth-order valence-corrected chi connectivity index (χ4v) is 2.20. The van der Waals surface area contributed by atoms with E-state index in [9.17, 15) is 9.46 Å². The molecule has 0 saturated carbocycles. The topological polar surface area (TPSA) is 69.6 Å². The van der Waals surface area contributed by atoms with Gasteiger partial charge >= 0.3 is 29.6 Å². The Bertz CT molecular complexity index is 419. The zero-order valence-corrected chi connectivity index (χ0v) is 13.6. The van der Waals surface area contributed by atoms with Gasteiger partial charge in [-0.2, -0.15) is 0 Å². The van der Waals surface area contributed by atoms with Gasteiger partial charge in [-0.25, -0.2) is 0 Å². The molecule has 1 unspecified atom stereocenters. The molecule has 0 heterocycles. The van der Waals surface area contributed by atoms with E-state index in [4.69, 9.17) is 9.63 Å². The molecule has 94 valence electrons. The van der Waals surface area contributed by atoms with Crippen LogP contribution in [-0.4, -0.2) is 17.9 Å². The molecule has 6 heteroatoms. The smallest absolute Gasteiger partial charge is 0.769 e. The quantitative estimate of drug-likeness (QED) is 0.409. The van der Waals surface area contributed by atoms with Gasteiger partial charge in [0, 0.05) is 6.16 Å². The van der Waals surface area contributed by atoms with Crippen LogP contribution in [0.25, 0.3) is 0 Å². The molecule has 1 aromatic rings. The largest absolute Gasteiger partial charge is 1.00 e. The van der Waals surface area contributed by atoms with Gasteiger partial charge in [0.1, 0.15) is 5.75 Å². The van der Waals surface area contributed by atoms with E-state index in [1.807, 2.05) is 0 Å². The van der Waals surface area contributed by atoms with Crippen LogP contribution in [0.2, 0.25) is 0 Å². The molecule has 0 bridgehead atoms. The molecule has 0 spiro atoms. The van der Waals surface area contributed by atoms with Crippen LogP contribution in [0, 0.1) is 0 Å². The van der Waals surface area contributed by atoms with Crippen molar-refractivity contribution in [2.45, 2.75) is 13.3 Å². The first kappa shape index (κ1) is 17.9. The van der Waals surface area contributed by atoms with Gasteiger partial charge in [-0.05, 0) is 25.5 Å². The van der Waals surface area contributed by atoms with Crippen molar-refractivity contribution >= 4 is 7.60 Å². The predicted molar refractivity (Wildman–Crippen MR) is 65.0 cm³/mol. The Morgan fingerprint density at radius 2 is 2.06 bits per heavy atom. The van der Waals surface area contributed by atoms with E-state index in [1.165, 1.54) is 0 Å². The summed E-state index contributed by atoms with van der Waals surface area (Å²) in [5.74, 6) is 0.327. The summed E-state index contributed by atoms with van der Waals surface area (Å²) in [5, 5.41) is 8.75. The molecule has 1 N–H and O–H groups in total. The van der Waals surface area contributed by atoms with Gasteiger partial charge < -0.3 is 14.5 Å². The van der Waals surface area contributed by atoms with Gasteiger partial charge in [-0.15, -0.1) is 0 Å². The third kappa shape index (κ3) is 7.37. The summed E-state index contributed by atoms with van der Waals surface area (Å²) in [5.41, 5.74) is 0.754. The second-order valence-corrected chi connectivity index (χ2v) is 5.59. The summed E-state index contributed by atoms with van der Waals surface area (Å²) < 4.78 is 16.5. The molecule has 0 amide bonds. The summed E-state index contributed by atoms with van der Waals surface area (Å²) in [6, 6.07) is 8.41. The van der Waals surface area contributed by atoms with Crippen molar-refractivity contribution in [3.05, 3.63) is 42.0 Å². The van der Waals surface area contributed by atoms with Crippen molar-refractivity contribution in [3.63, 3.8) is 0 Å². The van der Waals surface area contributed by atoms with Crippen LogP contribution in [-0.2, 0) is 4.57 Å². The normalized spacial score (nSPS) is 14.5. The van der Waals surface area contributed by atoms with Crippen LogP contribution in [0.4, 0.5) is 0 Å². The molecular weight excluding hydrogens is 262 g/mol. The van der Waals surface area contributed by atoms with Crippen molar-refractivity contribution in [2.24, 2.45) is 0 Å². The van der Waals surface area contributed by atoms with Crippen molar-refractivity contribution in [1.82, 2.24) is 0 Å². The van der Waals surface area contributed by atoms with Crippen LogP contribution < -0.4 is 39.0 Å². The predicted octanol–water partition coefficient (Wildman–Crippen LogP) is -1.05. The number of benzene rings is 1. The van der Waals surface area contributed by atoms with E-state index in [0.717, 1.165) is 5.57 Å². The molecule has 1 rings (SSSR count). The number of rotatable bonds is 6. The minimum Gasteiger partial charge on any atom is -0.769 e. The van der Waals surface area contributed by atoms with Crippen molar-refractivity contribution in [3.8, 4) is 5.75 Å². The van der Waals surface area contributed by atoms with Gasteiger partial charge in [0.05, 0.1) is 6.61 Å². The molecule has 0 aliphatic rings. The molecule has 4 nitrogen and oxygen atoms in total. The Balaban J connectivity index is 0.00000289. The average Bonchev–Trinajstić information content (AvgIpc) is 2.29. The minimum absolute atomic E-state index is 0. The third-order valence-corrected chi connectivity index (χ3v) is 3.43. The fourth-order valence-electron chi connectivity index (χ4n) is 1.22. The molecule has 0 aliphatic heterocycles. The maximum atomic E-state index is 11.6. The summed E-state index contributed by atoms with van der Waals surface area (Å²) in [4.78, 5) is 11.6. The van der Waals surface area contributed by atoms with Crippen LogP contribution in [0.15, 0.2) is 42.0 Å². The number of aliphatic hydroxyl groups excluding tert-OH is 1. The molecule has 0 saturated heterocycles. The van der Waals surface area contributed by atoms with E-state index in [0.29, 0.717) is 12.2 Å². The van der Waals surface area contributed by atoms with E-state index in [1.54, 1.807) is 43.3 Å². The standard InChI is InChI=1S/C12H17O4P.Na/c1-11(10-13)6-5-9-17(14,15)16-12-7-3-2-4-8-12;/h2-4,6-8,13H,5,9-10H2,1H3,(H,14,15);/q;+1/p-1/b11-6+;. The minimum atomic E-state index is -3.86. The first-order chi connectivity index (χ1) is 8.03. The maximum Gasteiger partial charge on any atom is 1.00 e. The molecule has 1 atom stereocenters. The molecular formula is C12H16NaO4P. The van der Waals surface area contributed by atoms with Gasteiger partial charge in [0.2, 0.25) is 0 Å². The van der Waals surface area contributed by atoms with Crippen molar-refractivity contribution < 1.29 is 48.6 Å². The molecule has 0 fully saturated rings. The Hall–Kier alpha value is -0.0900. The van der Waals surface area contributed by atoms with Gasteiger partial charge in [-0.3, -0.25) is 4.57 Å². The van der Waals surface area contributed by atoms with E-state index < -0.39 is 7.60 Å². The number of allylic oxidation sites excluding steroid dienone is 1. The van der Waals surface area contributed by atoms with Crippen molar-refractivity contribution in [1.29, 1.82) is 0 Å². The van der Waals surface area contributed by atoms with E-state index in [2.05, 4.69) is 0 Å². The molecule has 0 aromatic heterocycles. The third-order valence-electron chi connectivity index (χ3n) is 2.13. The second-order valence-electron chi connectivity index (χ2n) is 3.74. The van der Waals surface area contributed by atoms with Crippen LogP contribution in [0.1, 0.15) is 13.3 Å². The zero-order valence-electron chi connectivity index (χ0n) is 10.7. The summed E-state index contributed by atoms with van der Waals surface area (Å²) in [7, 11) is -3.86. The average molecular weight is 278 g/mol. The van der Waals surface area contributed by atoms with Gasteiger partial charge in [0.15, 0.2) is 7.60 Å². The summed E-state index contributed by atoms with van der Waals surface area (Å²) >= 11 is 0. The zero-order chi connectivity index (χ0) is 12.7. The van der Waals surface area contributed by atoms with E-state index in [-0.39, 0.29) is 42.3 Å². The monoisotopic (exact) mass is 278 g/mol. The first-order valence-corrected chi connectivity index (χ1v) is 7.07. The van der Waals surface area contributed by atoms with Gasteiger partial charge in [-0.1, -0.05) is 29.8 Å². The number of para-hydroxylation sites is 1. The molecule has 0 aliphatic carbocycles. The number of hydrogen-bond donors (Lipinski definition) is 1. The van der Waals surface area contributed by atoms with Crippen LogP contribution in [0.3, 0.4) is 0 Å². The molecule has 1 aromatic carbocycles. The second kappa shape index (κ2) is 8.92. The Morgan fingerprint density at radius 1 is 1.44 bits per heavy atom. The fraction of sp³-hybridized carbons (Fsp3) is 0.333. The molecule has 18 heavy (non-hydrogen) atoms. The summed E-state index contributed by atoms with van der Waals surface area (Å²) in [6.07, 6.45) is 1.97. The first-order valence-electron chi connectivity index (χ1n) is 5.35. The van der Waals surface area contributed by atoms with E-state index >= 15 is 0 Å². The Kier molecular flexibility index (Phi) is 8.87. The van der Waals surface area contributed by atoms with Crippen LogP contribution >= 0.6 is 7.60 Å². The number of hydrogen-bond acceptors (Lipinski definition) is 4. The number of aliphatic hydroxyl groups is 1. The Labute approximate surface area is 130 Å².